The smallest absolute Gasteiger partial charge is 0.423 e. The molecule has 0 unspecified atom stereocenters. The van der Waals surface area contributed by atoms with Gasteiger partial charge in [-0.25, -0.2) is 19.4 Å². The van der Waals surface area contributed by atoms with E-state index in [4.69, 9.17) is 0 Å². The second kappa shape index (κ2) is 9.57. The fourth-order valence-electron chi connectivity index (χ4n) is 1.61. The molecule has 1 rings (SSSR count). The predicted molar refractivity (Wildman–Crippen MR) is 75.8 cm³/mol. The number of alkyl carbamates (subject to hydrolysis) is 1. The highest BCUT2D eigenvalue weighted by atomic mass is 19.4. The van der Waals surface area contributed by atoms with Crippen molar-refractivity contribution < 1.29 is 27.1 Å². The van der Waals surface area contributed by atoms with Gasteiger partial charge >= 0.3 is 29.7 Å². The maximum Gasteiger partial charge on any atom is 0.423 e. The average molecular weight is 354 g/mol. The Morgan fingerprint density at radius 2 is 1.83 bits per heavy atom. The van der Waals surface area contributed by atoms with Gasteiger partial charge in [-0.05, 0) is 12.8 Å². The van der Waals surface area contributed by atoms with Crippen molar-refractivity contribution in [2.45, 2.75) is 31.9 Å². The number of H-pyrrole nitrogens is 1. The maximum atomic E-state index is 11.8. The number of nitrogens with zero attached hydrogens (tertiary/aromatic N) is 1. The van der Waals surface area contributed by atoms with Gasteiger partial charge in [-0.1, -0.05) is 12.8 Å². The fourth-order valence-corrected chi connectivity index (χ4v) is 1.61. The number of carbonyl (C=O) groups excluding carboxylic acids is 1. The van der Waals surface area contributed by atoms with Gasteiger partial charge in [0.05, 0.1) is 0 Å². The van der Waals surface area contributed by atoms with Crippen molar-refractivity contribution >= 4 is 12.1 Å². The minimum absolute atomic E-state index is 0.169. The number of carbonyl (C=O) groups is 1. The number of ether oxygens (including phenoxy) is 1. The summed E-state index contributed by atoms with van der Waals surface area (Å²) in [7, 11) is 0. The van der Waals surface area contributed by atoms with Crippen molar-refractivity contribution in [3.8, 4) is 0 Å². The Bertz CT molecular complexity index is 600. The molecule has 0 aromatic carbocycles. The number of unbranched alkanes of at least 4 members (excludes halogenated alkanes) is 3. The molecule has 0 aliphatic carbocycles. The Labute approximate surface area is 133 Å². The zero-order chi connectivity index (χ0) is 18.0. The van der Waals surface area contributed by atoms with E-state index >= 15 is 0 Å². The fraction of sp³-hybridized carbons (Fsp3) is 0.667. The number of alkyl halides is 3. The largest absolute Gasteiger partial charge is 0.440 e. The number of aromatic nitrogens is 2. The van der Waals surface area contributed by atoms with Crippen molar-refractivity contribution in [2.75, 3.05) is 25.0 Å². The number of rotatable bonds is 9. The molecule has 0 spiro atoms. The zero-order valence-corrected chi connectivity index (χ0v) is 12.6. The molecule has 0 bridgehead atoms. The van der Waals surface area contributed by atoms with Crippen LogP contribution in [-0.4, -0.2) is 41.9 Å². The van der Waals surface area contributed by atoms with Gasteiger partial charge in [0.2, 0.25) is 0 Å². The van der Waals surface area contributed by atoms with E-state index in [0.717, 1.165) is 6.42 Å². The molecule has 1 amide bonds. The molecule has 24 heavy (non-hydrogen) atoms. The van der Waals surface area contributed by atoms with Crippen LogP contribution in [0.5, 0.6) is 0 Å². The van der Waals surface area contributed by atoms with Gasteiger partial charge in [0.25, 0.3) is 0 Å². The molecule has 3 N–H and O–H groups in total. The minimum Gasteiger partial charge on any atom is -0.440 e. The summed E-state index contributed by atoms with van der Waals surface area (Å²) >= 11 is 0. The molecule has 0 aliphatic rings. The number of hydrogen-bond acceptors (Lipinski definition) is 7. The van der Waals surface area contributed by atoms with Crippen molar-refractivity contribution in [3.63, 3.8) is 0 Å². The summed E-state index contributed by atoms with van der Waals surface area (Å²) in [5.41, 5.74) is -0.808. The van der Waals surface area contributed by atoms with Gasteiger partial charge in [-0.3, -0.25) is 0 Å². The van der Waals surface area contributed by atoms with Gasteiger partial charge in [-0.15, -0.1) is 4.98 Å². The Kier molecular flexibility index (Phi) is 7.79. The lowest BCUT2D eigenvalue weighted by Gasteiger charge is -2.09. The molecule has 0 aliphatic heterocycles. The Balaban J connectivity index is 2.01. The van der Waals surface area contributed by atoms with E-state index in [1.165, 1.54) is 0 Å². The van der Waals surface area contributed by atoms with Crippen LogP contribution in [0, 0.1) is 0 Å². The van der Waals surface area contributed by atoms with E-state index in [2.05, 4.69) is 24.8 Å². The van der Waals surface area contributed by atoms with Crippen molar-refractivity contribution in [3.05, 3.63) is 21.0 Å². The molecule has 0 saturated carbocycles. The highest BCUT2D eigenvalue weighted by Gasteiger charge is 2.29. The third kappa shape index (κ3) is 9.48. The van der Waals surface area contributed by atoms with Gasteiger partial charge in [0.15, 0.2) is 6.61 Å². The van der Waals surface area contributed by atoms with Crippen LogP contribution in [0.3, 0.4) is 0 Å². The van der Waals surface area contributed by atoms with Crippen LogP contribution >= 0.6 is 0 Å². The van der Waals surface area contributed by atoms with Crippen LogP contribution in [-0.2, 0) is 4.74 Å². The molecule has 0 saturated heterocycles. The number of nitrogens with one attached hydrogen (secondary N) is 3. The van der Waals surface area contributed by atoms with Crippen LogP contribution in [0.2, 0.25) is 0 Å². The Morgan fingerprint density at radius 3 is 2.46 bits per heavy atom. The number of anilines is 1. The lowest BCUT2D eigenvalue weighted by atomic mass is 10.2. The molecular weight excluding hydrogens is 337 g/mol. The van der Waals surface area contributed by atoms with E-state index in [-0.39, 0.29) is 12.6 Å². The SMILES string of the molecule is O=C(NCCCCCCNc1nc(=O)[nH]c(=O)o1)OCC(F)(F)F. The van der Waals surface area contributed by atoms with Crippen LogP contribution < -0.4 is 22.1 Å². The lowest BCUT2D eigenvalue weighted by Crippen LogP contribution is -2.29. The molecule has 1 heterocycles. The normalized spacial score (nSPS) is 11.1. The Morgan fingerprint density at radius 1 is 1.17 bits per heavy atom. The van der Waals surface area contributed by atoms with Gasteiger partial charge in [0, 0.05) is 13.1 Å². The Hall–Kier alpha value is -2.53. The maximum absolute atomic E-state index is 11.8. The summed E-state index contributed by atoms with van der Waals surface area (Å²) in [5, 5.41) is 4.88. The van der Waals surface area contributed by atoms with Gasteiger partial charge in [0.1, 0.15) is 0 Å². The second-order valence-corrected chi connectivity index (χ2v) is 4.70. The van der Waals surface area contributed by atoms with Crippen molar-refractivity contribution in [2.24, 2.45) is 0 Å². The average Bonchev–Trinajstić information content (AvgIpc) is 2.46. The zero-order valence-electron chi connectivity index (χ0n) is 12.6. The topological polar surface area (TPSA) is 126 Å². The number of hydrogen-bond donors (Lipinski definition) is 3. The highest BCUT2D eigenvalue weighted by molar-refractivity contribution is 5.67. The molecule has 9 nitrogen and oxygen atoms in total. The first-order valence-electron chi connectivity index (χ1n) is 7.09. The van der Waals surface area contributed by atoms with E-state index in [1.54, 1.807) is 0 Å². The summed E-state index contributed by atoms with van der Waals surface area (Å²) in [5.74, 6) is -0.902. The highest BCUT2D eigenvalue weighted by Crippen LogP contribution is 2.14. The standard InChI is InChI=1S/C12H17F3N4O5/c13-12(14,15)7-23-10(21)17-6-4-2-1-3-5-16-9-18-8(20)19-11(22)24-9/h1-7H2,(H,17,21)(H2,16,18,19,20,22). The van der Waals surface area contributed by atoms with Crippen LogP contribution in [0.4, 0.5) is 24.0 Å². The quantitative estimate of drug-likeness (QED) is 0.564. The van der Waals surface area contributed by atoms with Crippen LogP contribution in [0.15, 0.2) is 14.0 Å². The summed E-state index contributed by atoms with van der Waals surface area (Å²) in [6.45, 7) is -0.994. The molecule has 1 aromatic rings. The minimum atomic E-state index is -4.54. The molecule has 12 heteroatoms. The summed E-state index contributed by atoms with van der Waals surface area (Å²) in [4.78, 5) is 37.9. The van der Waals surface area contributed by atoms with Gasteiger partial charge in [-0.2, -0.15) is 13.2 Å². The van der Waals surface area contributed by atoms with E-state index in [9.17, 15) is 27.6 Å². The van der Waals surface area contributed by atoms with E-state index in [1.807, 2.05) is 4.98 Å². The molecular formula is C12H17F3N4O5. The van der Waals surface area contributed by atoms with Crippen molar-refractivity contribution in [1.82, 2.24) is 15.3 Å². The summed E-state index contributed by atoms with van der Waals surface area (Å²) in [6, 6.07) is -0.169. The third-order valence-corrected chi connectivity index (χ3v) is 2.62. The first-order chi connectivity index (χ1) is 11.3. The van der Waals surface area contributed by atoms with E-state index < -0.39 is 30.3 Å². The van der Waals surface area contributed by atoms with Gasteiger partial charge < -0.3 is 19.8 Å². The van der Waals surface area contributed by atoms with Crippen molar-refractivity contribution in [1.29, 1.82) is 0 Å². The number of aromatic amines is 1. The molecule has 0 atom stereocenters. The monoisotopic (exact) mass is 354 g/mol. The molecule has 136 valence electrons. The number of halogens is 3. The second-order valence-electron chi connectivity index (χ2n) is 4.70. The van der Waals surface area contributed by atoms with Crippen LogP contribution in [0.1, 0.15) is 25.7 Å². The van der Waals surface area contributed by atoms with Crippen LogP contribution in [0.25, 0.3) is 0 Å². The number of amides is 1. The first-order valence-corrected chi connectivity index (χ1v) is 7.09. The third-order valence-electron chi connectivity index (χ3n) is 2.62. The lowest BCUT2D eigenvalue weighted by molar-refractivity contribution is -0.160. The summed E-state index contributed by atoms with van der Waals surface area (Å²) in [6.07, 6.45) is -2.93. The molecule has 0 radical (unpaired) electrons. The molecule has 0 fully saturated rings. The molecule has 1 aromatic heterocycles. The first kappa shape index (κ1) is 19.5. The predicted octanol–water partition coefficient (Wildman–Crippen LogP) is 0.984. The summed E-state index contributed by atoms with van der Waals surface area (Å²) < 4.78 is 43.9. The van der Waals surface area contributed by atoms with E-state index in [0.29, 0.717) is 25.8 Å².